The van der Waals surface area contributed by atoms with Crippen LogP contribution in [0.2, 0.25) is 0 Å². The zero-order valence-electron chi connectivity index (χ0n) is 7.92. The van der Waals surface area contributed by atoms with Crippen LogP contribution < -0.4 is 11.1 Å². The summed E-state index contributed by atoms with van der Waals surface area (Å²) in [7, 11) is 0. The lowest BCUT2D eigenvalue weighted by molar-refractivity contribution is 0.0794. The molecular weight excluding hydrogens is 164 g/mol. The molecular formula is C10H16N2O. The second-order valence-corrected chi connectivity index (χ2v) is 3.11. The highest BCUT2D eigenvalue weighted by atomic mass is 16.5. The molecule has 3 N–H and O–H groups in total. The molecule has 3 nitrogen and oxygen atoms in total. The molecule has 3 heteroatoms. The third-order valence-corrected chi connectivity index (χ3v) is 1.81. The van der Waals surface area contributed by atoms with E-state index in [2.05, 4.69) is 11.9 Å². The smallest absolute Gasteiger partial charge is 0.123 e. The molecule has 0 aromatic heterocycles. The molecule has 1 saturated heterocycles. The van der Waals surface area contributed by atoms with Crippen LogP contribution in [0.25, 0.3) is 0 Å². The lowest BCUT2D eigenvalue weighted by Crippen LogP contribution is -2.48. The minimum Gasteiger partial charge on any atom is -0.488 e. The Bertz CT molecular complexity index is 239. The van der Waals surface area contributed by atoms with E-state index in [1.807, 2.05) is 19.1 Å². The van der Waals surface area contributed by atoms with Gasteiger partial charge in [-0.05, 0) is 30.8 Å². The average molecular weight is 180 g/mol. The van der Waals surface area contributed by atoms with E-state index < -0.39 is 0 Å². The van der Waals surface area contributed by atoms with Gasteiger partial charge in [-0.25, -0.2) is 0 Å². The maximum atomic E-state index is 5.50. The number of hydrogen-bond donors (Lipinski definition) is 2. The van der Waals surface area contributed by atoms with Crippen molar-refractivity contribution in [2.24, 2.45) is 5.73 Å². The summed E-state index contributed by atoms with van der Waals surface area (Å²) in [6.45, 7) is 7.58. The highest BCUT2D eigenvalue weighted by Crippen LogP contribution is 2.08. The summed E-state index contributed by atoms with van der Waals surface area (Å²) in [4.78, 5) is 0. The fourth-order valence-corrected chi connectivity index (χ4v) is 1.05. The number of allylic oxidation sites excluding steroid dienone is 3. The molecule has 0 aromatic rings. The van der Waals surface area contributed by atoms with E-state index in [9.17, 15) is 0 Å². The lowest BCUT2D eigenvalue weighted by atomic mass is 10.2. The second kappa shape index (κ2) is 4.72. The fraction of sp³-hybridized carbons (Fsp3) is 0.400. The summed E-state index contributed by atoms with van der Waals surface area (Å²) in [6, 6.07) is 0. The number of hydrogen-bond acceptors (Lipinski definition) is 3. The van der Waals surface area contributed by atoms with E-state index in [0.717, 1.165) is 18.7 Å². The van der Waals surface area contributed by atoms with Crippen molar-refractivity contribution in [1.82, 2.24) is 5.32 Å². The molecule has 0 radical (unpaired) electrons. The molecule has 0 bridgehead atoms. The first-order valence-electron chi connectivity index (χ1n) is 4.35. The van der Waals surface area contributed by atoms with Gasteiger partial charge in [0.25, 0.3) is 0 Å². The molecule has 0 amide bonds. The number of nitrogens with two attached hydrogens (primary N) is 1. The SMILES string of the molecule is C=C(/C=C(C)\C=C/N)OC1CNC1. The molecule has 1 rings (SSSR count). The van der Waals surface area contributed by atoms with Crippen LogP contribution in [0.3, 0.4) is 0 Å². The summed E-state index contributed by atoms with van der Waals surface area (Å²) < 4.78 is 5.50. The Labute approximate surface area is 79.0 Å². The zero-order valence-corrected chi connectivity index (χ0v) is 7.92. The third-order valence-electron chi connectivity index (χ3n) is 1.81. The molecule has 13 heavy (non-hydrogen) atoms. The van der Waals surface area contributed by atoms with E-state index in [1.54, 1.807) is 0 Å². The highest BCUT2D eigenvalue weighted by Gasteiger charge is 2.17. The molecule has 0 spiro atoms. The average Bonchev–Trinajstić information content (AvgIpc) is 1.97. The summed E-state index contributed by atoms with van der Waals surface area (Å²) in [5, 5.41) is 3.12. The highest BCUT2D eigenvalue weighted by molar-refractivity contribution is 5.23. The van der Waals surface area contributed by atoms with Gasteiger partial charge in [0.1, 0.15) is 11.9 Å². The monoisotopic (exact) mass is 180 g/mol. The molecule has 0 aromatic carbocycles. The predicted molar refractivity (Wildman–Crippen MR) is 54.0 cm³/mol. The Morgan fingerprint density at radius 1 is 1.62 bits per heavy atom. The van der Waals surface area contributed by atoms with Crippen molar-refractivity contribution in [2.45, 2.75) is 13.0 Å². The van der Waals surface area contributed by atoms with Crippen LogP contribution in [0, 0.1) is 0 Å². The van der Waals surface area contributed by atoms with Gasteiger partial charge in [-0.15, -0.1) is 0 Å². The standard InChI is InChI=1S/C10H16N2O/c1-8(3-4-11)5-9(2)13-10-6-12-7-10/h3-5,10,12H,2,6-7,11H2,1H3/b4-3-,8-5-. The van der Waals surface area contributed by atoms with E-state index in [4.69, 9.17) is 10.5 Å². The van der Waals surface area contributed by atoms with Crippen LogP contribution in [0.15, 0.2) is 36.3 Å². The van der Waals surface area contributed by atoms with E-state index in [0.29, 0.717) is 11.9 Å². The summed E-state index contributed by atoms with van der Waals surface area (Å²) in [6.07, 6.45) is 5.48. The van der Waals surface area contributed by atoms with Crippen LogP contribution in [0.4, 0.5) is 0 Å². The number of nitrogens with one attached hydrogen (secondary N) is 1. The van der Waals surface area contributed by atoms with Crippen LogP contribution in [-0.4, -0.2) is 19.2 Å². The van der Waals surface area contributed by atoms with Crippen LogP contribution in [-0.2, 0) is 4.74 Å². The van der Waals surface area contributed by atoms with Crippen LogP contribution in [0.1, 0.15) is 6.92 Å². The lowest BCUT2D eigenvalue weighted by Gasteiger charge is -2.27. The molecule has 0 atom stereocenters. The van der Waals surface area contributed by atoms with Gasteiger partial charge in [0.2, 0.25) is 0 Å². The van der Waals surface area contributed by atoms with Crippen molar-refractivity contribution in [3.8, 4) is 0 Å². The molecule has 0 unspecified atom stereocenters. The molecule has 1 heterocycles. The van der Waals surface area contributed by atoms with E-state index in [-0.39, 0.29) is 0 Å². The van der Waals surface area contributed by atoms with Gasteiger partial charge < -0.3 is 15.8 Å². The maximum absolute atomic E-state index is 5.50. The predicted octanol–water partition coefficient (Wildman–Crippen LogP) is 0.907. The Morgan fingerprint density at radius 3 is 2.77 bits per heavy atom. The van der Waals surface area contributed by atoms with Gasteiger partial charge in [-0.1, -0.05) is 6.58 Å². The molecule has 0 saturated carbocycles. The van der Waals surface area contributed by atoms with Crippen molar-refractivity contribution in [3.05, 3.63) is 36.3 Å². The van der Waals surface area contributed by atoms with Crippen LogP contribution in [0.5, 0.6) is 0 Å². The third kappa shape index (κ3) is 3.34. The van der Waals surface area contributed by atoms with Gasteiger partial charge in [-0.3, -0.25) is 0 Å². The molecule has 0 aliphatic carbocycles. The summed E-state index contributed by atoms with van der Waals surface area (Å²) in [5.74, 6) is 0.696. The number of rotatable bonds is 4. The first kappa shape index (κ1) is 9.86. The topological polar surface area (TPSA) is 47.3 Å². The van der Waals surface area contributed by atoms with Gasteiger partial charge in [-0.2, -0.15) is 0 Å². The Balaban J connectivity index is 2.34. The molecule has 1 aliphatic heterocycles. The van der Waals surface area contributed by atoms with E-state index in [1.165, 1.54) is 6.20 Å². The molecule has 72 valence electrons. The fourth-order valence-electron chi connectivity index (χ4n) is 1.05. The van der Waals surface area contributed by atoms with Crippen molar-refractivity contribution in [2.75, 3.05) is 13.1 Å². The first-order chi connectivity index (χ1) is 6.22. The summed E-state index contributed by atoms with van der Waals surface area (Å²) in [5.41, 5.74) is 6.28. The van der Waals surface area contributed by atoms with Gasteiger partial charge in [0, 0.05) is 13.1 Å². The molecule has 1 fully saturated rings. The summed E-state index contributed by atoms with van der Waals surface area (Å²) >= 11 is 0. The minimum atomic E-state index is 0.290. The van der Waals surface area contributed by atoms with Crippen LogP contribution >= 0.6 is 0 Å². The van der Waals surface area contributed by atoms with Crippen molar-refractivity contribution in [1.29, 1.82) is 0 Å². The quantitative estimate of drug-likeness (QED) is 0.499. The van der Waals surface area contributed by atoms with Gasteiger partial charge >= 0.3 is 0 Å². The van der Waals surface area contributed by atoms with Crippen molar-refractivity contribution < 1.29 is 4.74 Å². The Hall–Kier alpha value is -1.22. The number of ether oxygens (including phenoxy) is 1. The minimum absolute atomic E-state index is 0.290. The van der Waals surface area contributed by atoms with Gasteiger partial charge in [0.05, 0.1) is 0 Å². The van der Waals surface area contributed by atoms with Crippen molar-refractivity contribution in [3.63, 3.8) is 0 Å². The molecule has 1 aliphatic rings. The van der Waals surface area contributed by atoms with E-state index >= 15 is 0 Å². The normalized spacial score (nSPS) is 18.7. The Kier molecular flexibility index (Phi) is 3.58. The largest absolute Gasteiger partial charge is 0.488 e. The zero-order chi connectivity index (χ0) is 9.68. The Morgan fingerprint density at radius 2 is 2.31 bits per heavy atom. The first-order valence-corrected chi connectivity index (χ1v) is 4.35. The van der Waals surface area contributed by atoms with Gasteiger partial charge in [0.15, 0.2) is 0 Å². The van der Waals surface area contributed by atoms with Crippen molar-refractivity contribution >= 4 is 0 Å². The second-order valence-electron chi connectivity index (χ2n) is 3.11. The maximum Gasteiger partial charge on any atom is 0.123 e.